The number of phenols is 2. The van der Waals surface area contributed by atoms with E-state index >= 15 is 0 Å². The van der Waals surface area contributed by atoms with Gasteiger partial charge < -0.3 is 25.1 Å². The molecule has 0 radical (unpaired) electrons. The van der Waals surface area contributed by atoms with Crippen LogP contribution in [0.4, 0.5) is 11.4 Å². The Balaban J connectivity index is 1.58. The van der Waals surface area contributed by atoms with Gasteiger partial charge in [0.15, 0.2) is 0 Å². The summed E-state index contributed by atoms with van der Waals surface area (Å²) in [4.78, 5) is 4.33. The number of aliphatic hydroxyl groups is 1. The number of fused-ring (bicyclic) bond motifs is 4. The molecule has 0 fully saturated rings. The molecule has 0 spiro atoms. The van der Waals surface area contributed by atoms with E-state index in [1.165, 1.54) is 0 Å². The standard InChI is InChI=1S/C43H38N4O3/c1-5-46(6-2)34-21-36(48)39(32-19-27-15-11-9-13-25(27)17-30(32)34)41-38(29(23-44)24-45)42(43(41)50)40-33-20-28-16-12-10-14-26(28)18-31(33)35(22-37(40)49)47(7-3)8-4/h9-22,41,48-50H,5-8H2,1-4H3. The minimum atomic E-state index is -0.980. The second-order valence-electron chi connectivity index (χ2n) is 12.7. The van der Waals surface area contributed by atoms with Crippen LogP contribution in [0.3, 0.4) is 0 Å². The Labute approximate surface area is 291 Å². The fourth-order valence-electron chi connectivity index (χ4n) is 7.84. The Morgan fingerprint density at radius 3 is 1.48 bits per heavy atom. The van der Waals surface area contributed by atoms with E-state index < -0.39 is 5.92 Å². The van der Waals surface area contributed by atoms with Crippen molar-refractivity contribution in [3.05, 3.63) is 113 Å². The summed E-state index contributed by atoms with van der Waals surface area (Å²) in [6.45, 7) is 11.1. The molecule has 7 heteroatoms. The molecule has 6 aromatic rings. The summed E-state index contributed by atoms with van der Waals surface area (Å²) < 4.78 is 0. The highest BCUT2D eigenvalue weighted by molar-refractivity contribution is 6.14. The summed E-state index contributed by atoms with van der Waals surface area (Å²) in [5.41, 5.74) is 2.78. The SMILES string of the molecule is CCN(CC)c1cc(O)c(C2=C(O)C(c3c(O)cc(N(CC)CC)c4cc5ccccc5cc34)C2=C(C#N)C#N)c2cc3ccccc3cc12. The number of aromatic hydroxyl groups is 2. The van der Waals surface area contributed by atoms with Gasteiger partial charge in [-0.25, -0.2) is 0 Å². The number of nitriles is 2. The molecule has 0 saturated heterocycles. The van der Waals surface area contributed by atoms with E-state index in [1.807, 2.05) is 60.7 Å². The zero-order valence-corrected chi connectivity index (χ0v) is 28.6. The van der Waals surface area contributed by atoms with Gasteiger partial charge >= 0.3 is 0 Å². The molecule has 6 aromatic carbocycles. The lowest BCUT2D eigenvalue weighted by Crippen LogP contribution is -2.25. The first-order valence-electron chi connectivity index (χ1n) is 17.1. The molecule has 1 aliphatic rings. The van der Waals surface area contributed by atoms with Crippen LogP contribution in [0, 0.1) is 22.7 Å². The molecule has 7 nitrogen and oxygen atoms in total. The third-order valence-corrected chi connectivity index (χ3v) is 10.3. The second-order valence-corrected chi connectivity index (χ2v) is 12.7. The average Bonchev–Trinajstić information content (AvgIpc) is 3.13. The van der Waals surface area contributed by atoms with Crippen molar-refractivity contribution in [2.75, 3.05) is 36.0 Å². The van der Waals surface area contributed by atoms with Gasteiger partial charge in [0.1, 0.15) is 35.0 Å². The Morgan fingerprint density at radius 1 is 0.600 bits per heavy atom. The van der Waals surface area contributed by atoms with Crippen molar-refractivity contribution in [3.8, 4) is 23.6 Å². The topological polar surface area (TPSA) is 115 Å². The predicted octanol–water partition coefficient (Wildman–Crippen LogP) is 9.81. The summed E-state index contributed by atoms with van der Waals surface area (Å²) in [7, 11) is 0. The van der Waals surface area contributed by atoms with Crippen LogP contribution < -0.4 is 9.80 Å². The molecule has 0 aromatic heterocycles. The molecule has 0 bridgehead atoms. The molecule has 7 rings (SSSR count). The van der Waals surface area contributed by atoms with Crippen LogP contribution in [0.5, 0.6) is 11.5 Å². The molecule has 0 heterocycles. The fourth-order valence-corrected chi connectivity index (χ4v) is 7.84. The quantitative estimate of drug-likeness (QED) is 0.110. The van der Waals surface area contributed by atoms with E-state index in [0.717, 1.165) is 69.9 Å². The predicted molar refractivity (Wildman–Crippen MR) is 204 cm³/mol. The number of aliphatic hydroxyl groups excluding tert-OH is 1. The van der Waals surface area contributed by atoms with Crippen LogP contribution in [0.2, 0.25) is 0 Å². The number of rotatable bonds is 8. The van der Waals surface area contributed by atoms with E-state index in [-0.39, 0.29) is 34.0 Å². The van der Waals surface area contributed by atoms with Crippen LogP contribution in [-0.4, -0.2) is 41.5 Å². The number of hydrogen-bond acceptors (Lipinski definition) is 7. The van der Waals surface area contributed by atoms with Gasteiger partial charge in [-0.3, -0.25) is 0 Å². The van der Waals surface area contributed by atoms with Gasteiger partial charge in [-0.15, -0.1) is 0 Å². The summed E-state index contributed by atoms with van der Waals surface area (Å²) in [6, 6.07) is 31.7. The van der Waals surface area contributed by atoms with Crippen LogP contribution >= 0.6 is 0 Å². The fraction of sp³-hybridized carbons (Fsp3) is 0.209. The van der Waals surface area contributed by atoms with Crippen LogP contribution in [0.15, 0.2) is 102 Å². The highest BCUT2D eigenvalue weighted by Gasteiger charge is 2.44. The van der Waals surface area contributed by atoms with Gasteiger partial charge in [0.05, 0.1) is 5.92 Å². The first-order chi connectivity index (χ1) is 24.3. The lowest BCUT2D eigenvalue weighted by Gasteiger charge is -2.36. The van der Waals surface area contributed by atoms with E-state index in [1.54, 1.807) is 12.1 Å². The van der Waals surface area contributed by atoms with Crippen LogP contribution in [0.25, 0.3) is 48.7 Å². The maximum absolute atomic E-state index is 12.2. The molecule has 50 heavy (non-hydrogen) atoms. The van der Waals surface area contributed by atoms with Crippen molar-refractivity contribution in [2.24, 2.45) is 0 Å². The Bertz CT molecular complexity index is 2490. The van der Waals surface area contributed by atoms with Crippen molar-refractivity contribution in [2.45, 2.75) is 33.6 Å². The number of allylic oxidation sites excluding steroid dienone is 3. The maximum Gasteiger partial charge on any atom is 0.134 e. The van der Waals surface area contributed by atoms with Gasteiger partial charge in [0, 0.05) is 82.7 Å². The largest absolute Gasteiger partial charge is 0.511 e. The second kappa shape index (κ2) is 12.7. The van der Waals surface area contributed by atoms with Crippen molar-refractivity contribution < 1.29 is 15.3 Å². The summed E-state index contributed by atoms with van der Waals surface area (Å²) in [6.07, 6.45) is 0. The van der Waals surface area contributed by atoms with Gasteiger partial charge in [-0.1, -0.05) is 48.5 Å². The molecule has 1 unspecified atom stereocenters. The number of hydrogen-bond donors (Lipinski definition) is 3. The maximum atomic E-state index is 12.2. The molecule has 248 valence electrons. The smallest absolute Gasteiger partial charge is 0.134 e. The van der Waals surface area contributed by atoms with Crippen molar-refractivity contribution in [3.63, 3.8) is 0 Å². The summed E-state index contributed by atoms with van der Waals surface area (Å²) in [5, 5.41) is 63.6. The molecular formula is C43H38N4O3. The number of nitrogens with zero attached hydrogens (tertiary/aromatic N) is 4. The third-order valence-electron chi connectivity index (χ3n) is 10.3. The Morgan fingerprint density at radius 2 is 1.02 bits per heavy atom. The Kier molecular flexibility index (Phi) is 8.22. The number of anilines is 2. The molecule has 0 aliphatic heterocycles. The lowest BCUT2D eigenvalue weighted by molar-refractivity contribution is 0.364. The van der Waals surface area contributed by atoms with E-state index in [4.69, 9.17) is 0 Å². The van der Waals surface area contributed by atoms with Crippen molar-refractivity contribution >= 4 is 60.0 Å². The molecule has 0 saturated carbocycles. The van der Waals surface area contributed by atoms with Crippen molar-refractivity contribution in [1.29, 1.82) is 10.5 Å². The molecule has 1 aliphatic carbocycles. The monoisotopic (exact) mass is 658 g/mol. The minimum Gasteiger partial charge on any atom is -0.511 e. The van der Waals surface area contributed by atoms with Crippen molar-refractivity contribution in [1.82, 2.24) is 0 Å². The van der Waals surface area contributed by atoms with E-state index in [0.29, 0.717) is 21.9 Å². The third kappa shape index (κ3) is 4.85. The van der Waals surface area contributed by atoms with E-state index in [9.17, 15) is 25.8 Å². The van der Waals surface area contributed by atoms with Gasteiger partial charge in [0.25, 0.3) is 0 Å². The molecule has 3 N–H and O–H groups in total. The molecule has 1 atom stereocenters. The zero-order valence-electron chi connectivity index (χ0n) is 28.6. The first-order valence-corrected chi connectivity index (χ1v) is 17.1. The number of phenolic OH excluding ortho intramolecular Hbond substituents is 2. The lowest BCUT2D eigenvalue weighted by atomic mass is 9.67. The highest BCUT2D eigenvalue weighted by Crippen LogP contribution is 2.59. The summed E-state index contributed by atoms with van der Waals surface area (Å²) >= 11 is 0. The van der Waals surface area contributed by atoms with E-state index in [2.05, 4.69) is 61.8 Å². The average molecular weight is 659 g/mol. The molecular weight excluding hydrogens is 620 g/mol. The van der Waals surface area contributed by atoms with Gasteiger partial charge in [0.2, 0.25) is 0 Å². The molecule has 0 amide bonds. The zero-order chi connectivity index (χ0) is 35.3. The number of benzene rings is 6. The first kappa shape index (κ1) is 32.4. The minimum absolute atomic E-state index is 0.0463. The normalized spacial score (nSPS) is 14.2. The van der Waals surface area contributed by atoms with Crippen LogP contribution in [-0.2, 0) is 0 Å². The van der Waals surface area contributed by atoms with Gasteiger partial charge in [-0.2, -0.15) is 10.5 Å². The summed E-state index contributed by atoms with van der Waals surface area (Å²) in [5.74, 6) is -1.22. The highest BCUT2D eigenvalue weighted by atomic mass is 16.3. The van der Waals surface area contributed by atoms with Crippen LogP contribution in [0.1, 0.15) is 44.7 Å². The van der Waals surface area contributed by atoms with Gasteiger partial charge in [-0.05, 0) is 84.3 Å². The Hall–Kier alpha value is -6.18.